The van der Waals surface area contributed by atoms with E-state index in [0.29, 0.717) is 11.5 Å². The van der Waals surface area contributed by atoms with E-state index in [1.165, 1.54) is 0 Å². The molecule has 4 heteroatoms. The van der Waals surface area contributed by atoms with Crippen molar-refractivity contribution < 1.29 is 4.42 Å². The number of aryl methyl sites for hydroxylation is 1. The lowest BCUT2D eigenvalue weighted by atomic mass is 10.1. The monoisotopic (exact) mass is 211 g/mol. The molecule has 0 unspecified atom stereocenters. The molecule has 2 aromatic rings. The quantitative estimate of drug-likeness (QED) is 0.792. The second-order valence-corrected chi connectivity index (χ2v) is 3.52. The Hall–Kier alpha value is -1.22. The van der Waals surface area contributed by atoms with Crippen molar-refractivity contribution in [3.63, 3.8) is 0 Å². The first-order chi connectivity index (χ1) is 6.79. The number of aromatic nitrogens is 1. The number of aromatic amines is 1. The summed E-state index contributed by atoms with van der Waals surface area (Å²) in [5, 5.41) is 0. The van der Waals surface area contributed by atoms with E-state index >= 15 is 0 Å². The first-order valence-corrected chi connectivity index (χ1v) is 5.01. The Morgan fingerprint density at radius 1 is 1.43 bits per heavy atom. The molecule has 0 aliphatic heterocycles. The van der Waals surface area contributed by atoms with Crippen LogP contribution in [0.1, 0.15) is 12.0 Å². The molecule has 0 saturated heterocycles. The van der Waals surface area contributed by atoms with Crippen LogP contribution in [0.3, 0.4) is 0 Å². The van der Waals surface area contributed by atoms with Gasteiger partial charge in [0.05, 0.1) is 5.52 Å². The van der Waals surface area contributed by atoms with Crippen molar-refractivity contribution >= 4 is 22.7 Å². The van der Waals surface area contributed by atoms with E-state index < -0.39 is 5.76 Å². The van der Waals surface area contributed by atoms with Crippen LogP contribution in [0.5, 0.6) is 0 Å². The van der Waals surface area contributed by atoms with Gasteiger partial charge in [0.25, 0.3) is 0 Å². The van der Waals surface area contributed by atoms with Crippen LogP contribution >= 0.6 is 11.6 Å². The second-order valence-electron chi connectivity index (χ2n) is 3.14. The third-order valence-electron chi connectivity index (χ3n) is 2.08. The van der Waals surface area contributed by atoms with E-state index in [2.05, 4.69) is 4.98 Å². The number of hydrogen-bond acceptors (Lipinski definition) is 2. The van der Waals surface area contributed by atoms with Gasteiger partial charge in [-0.25, -0.2) is 4.79 Å². The first kappa shape index (κ1) is 9.34. The molecular weight excluding hydrogens is 202 g/mol. The number of H-pyrrole nitrogens is 1. The van der Waals surface area contributed by atoms with Crippen molar-refractivity contribution in [3.05, 3.63) is 34.3 Å². The minimum absolute atomic E-state index is 0.408. The van der Waals surface area contributed by atoms with Crippen LogP contribution in [0.2, 0.25) is 0 Å². The second kappa shape index (κ2) is 3.88. The Bertz CT molecular complexity index is 486. The minimum atomic E-state index is -0.408. The molecule has 0 spiro atoms. The highest BCUT2D eigenvalue weighted by atomic mass is 35.5. The lowest BCUT2D eigenvalue weighted by molar-refractivity contribution is 0.555. The molecule has 0 fully saturated rings. The Labute approximate surface area is 85.7 Å². The smallest absolute Gasteiger partial charge is 0.408 e. The Morgan fingerprint density at radius 2 is 2.29 bits per heavy atom. The molecule has 1 heterocycles. The van der Waals surface area contributed by atoms with Crippen LogP contribution in [0, 0.1) is 0 Å². The van der Waals surface area contributed by atoms with Gasteiger partial charge < -0.3 is 4.42 Å². The highest BCUT2D eigenvalue weighted by Crippen LogP contribution is 2.13. The lowest BCUT2D eigenvalue weighted by Crippen LogP contribution is -1.92. The van der Waals surface area contributed by atoms with Crippen LogP contribution in [0.25, 0.3) is 11.1 Å². The summed E-state index contributed by atoms with van der Waals surface area (Å²) in [6, 6.07) is 5.70. The molecule has 0 aliphatic rings. The summed E-state index contributed by atoms with van der Waals surface area (Å²) in [7, 11) is 0. The number of oxazole rings is 1. The molecule has 2 rings (SSSR count). The number of fused-ring (bicyclic) bond motifs is 1. The van der Waals surface area contributed by atoms with Crippen molar-refractivity contribution in [1.82, 2.24) is 4.98 Å². The Kier molecular flexibility index (Phi) is 2.59. The van der Waals surface area contributed by atoms with Gasteiger partial charge in [-0.05, 0) is 30.5 Å². The van der Waals surface area contributed by atoms with Crippen LogP contribution in [0.15, 0.2) is 27.4 Å². The molecule has 0 saturated carbocycles. The fraction of sp³-hybridized carbons (Fsp3) is 0.300. The maximum atomic E-state index is 10.9. The van der Waals surface area contributed by atoms with Gasteiger partial charge in [0, 0.05) is 5.88 Å². The third kappa shape index (κ3) is 1.82. The zero-order valence-corrected chi connectivity index (χ0v) is 8.30. The molecule has 3 nitrogen and oxygen atoms in total. The Morgan fingerprint density at radius 3 is 3.07 bits per heavy atom. The standard InChI is InChI=1S/C10H10ClNO2/c11-5-1-2-7-3-4-8-9(6-7)14-10(13)12-8/h3-4,6H,1-2,5H2,(H,12,13). The van der Waals surface area contributed by atoms with Crippen LogP contribution in [-0.4, -0.2) is 10.9 Å². The highest BCUT2D eigenvalue weighted by Gasteiger charge is 2.01. The summed E-state index contributed by atoms with van der Waals surface area (Å²) in [4.78, 5) is 13.5. The summed E-state index contributed by atoms with van der Waals surface area (Å²) in [5.74, 6) is 0.240. The third-order valence-corrected chi connectivity index (χ3v) is 2.35. The predicted molar refractivity (Wildman–Crippen MR) is 55.9 cm³/mol. The maximum absolute atomic E-state index is 10.9. The van der Waals surface area contributed by atoms with Gasteiger partial charge in [-0.2, -0.15) is 0 Å². The first-order valence-electron chi connectivity index (χ1n) is 4.47. The predicted octanol–water partition coefficient (Wildman–Crippen LogP) is 2.29. The van der Waals surface area contributed by atoms with Crippen molar-refractivity contribution in [1.29, 1.82) is 0 Å². The topological polar surface area (TPSA) is 46.0 Å². The van der Waals surface area contributed by atoms with Crippen molar-refractivity contribution in [2.45, 2.75) is 12.8 Å². The van der Waals surface area contributed by atoms with Gasteiger partial charge >= 0.3 is 5.76 Å². The number of benzene rings is 1. The summed E-state index contributed by atoms with van der Waals surface area (Å²) < 4.78 is 4.94. The van der Waals surface area contributed by atoms with Crippen molar-refractivity contribution in [2.75, 3.05) is 5.88 Å². The molecule has 0 amide bonds. The highest BCUT2D eigenvalue weighted by molar-refractivity contribution is 6.17. The number of hydrogen-bond donors (Lipinski definition) is 1. The summed E-state index contributed by atoms with van der Waals surface area (Å²) in [6.45, 7) is 0. The van der Waals surface area contributed by atoms with Gasteiger partial charge in [0.15, 0.2) is 5.58 Å². The molecule has 0 radical (unpaired) electrons. The van der Waals surface area contributed by atoms with Gasteiger partial charge in [-0.15, -0.1) is 11.6 Å². The zero-order valence-electron chi connectivity index (χ0n) is 7.55. The number of nitrogens with one attached hydrogen (secondary N) is 1. The van der Waals surface area contributed by atoms with E-state index in [4.69, 9.17) is 16.0 Å². The average Bonchev–Trinajstić information content (AvgIpc) is 2.54. The van der Waals surface area contributed by atoms with Crippen LogP contribution < -0.4 is 5.76 Å². The summed E-state index contributed by atoms with van der Waals surface area (Å²) in [6.07, 6.45) is 1.84. The molecule has 0 atom stereocenters. The normalized spacial score (nSPS) is 10.9. The lowest BCUT2D eigenvalue weighted by Gasteiger charge is -1.97. The zero-order chi connectivity index (χ0) is 9.97. The van der Waals surface area contributed by atoms with Crippen LogP contribution in [-0.2, 0) is 6.42 Å². The minimum Gasteiger partial charge on any atom is -0.408 e. The van der Waals surface area contributed by atoms with Gasteiger partial charge in [-0.1, -0.05) is 6.07 Å². The van der Waals surface area contributed by atoms with Gasteiger partial charge in [0.2, 0.25) is 0 Å². The fourth-order valence-electron chi connectivity index (χ4n) is 1.42. The number of rotatable bonds is 3. The maximum Gasteiger partial charge on any atom is 0.417 e. The largest absolute Gasteiger partial charge is 0.417 e. The number of alkyl halides is 1. The molecule has 74 valence electrons. The van der Waals surface area contributed by atoms with E-state index in [-0.39, 0.29) is 0 Å². The molecule has 1 N–H and O–H groups in total. The van der Waals surface area contributed by atoms with Crippen molar-refractivity contribution in [3.8, 4) is 0 Å². The Balaban J connectivity index is 2.35. The molecular formula is C10H10ClNO2. The molecule has 0 bridgehead atoms. The van der Waals surface area contributed by atoms with E-state index in [1.54, 1.807) is 0 Å². The molecule has 0 aliphatic carbocycles. The van der Waals surface area contributed by atoms with Gasteiger partial charge in [-0.3, -0.25) is 4.98 Å². The average molecular weight is 212 g/mol. The molecule has 1 aromatic heterocycles. The SMILES string of the molecule is O=c1[nH]c2ccc(CCCCl)cc2o1. The fourth-order valence-corrected chi connectivity index (χ4v) is 1.55. The van der Waals surface area contributed by atoms with Crippen LogP contribution in [0.4, 0.5) is 0 Å². The molecule has 14 heavy (non-hydrogen) atoms. The van der Waals surface area contributed by atoms with Gasteiger partial charge in [0.1, 0.15) is 0 Å². The summed E-state index contributed by atoms with van der Waals surface area (Å²) in [5.41, 5.74) is 2.49. The number of halogens is 1. The van der Waals surface area contributed by atoms with E-state index in [1.807, 2.05) is 18.2 Å². The summed E-state index contributed by atoms with van der Waals surface area (Å²) >= 11 is 5.59. The van der Waals surface area contributed by atoms with E-state index in [0.717, 1.165) is 23.9 Å². The van der Waals surface area contributed by atoms with Crippen molar-refractivity contribution in [2.24, 2.45) is 0 Å². The van der Waals surface area contributed by atoms with E-state index in [9.17, 15) is 4.79 Å². The molecule has 1 aromatic carbocycles.